The highest BCUT2D eigenvalue weighted by Crippen LogP contribution is 2.41. The zero-order chi connectivity index (χ0) is 17.6. The van der Waals surface area contributed by atoms with E-state index in [0.717, 1.165) is 0 Å². The van der Waals surface area contributed by atoms with Crippen LogP contribution in [-0.4, -0.2) is 62.0 Å². The van der Waals surface area contributed by atoms with E-state index in [2.05, 4.69) is 25.9 Å². The number of phenols is 1. The second kappa shape index (κ2) is 6.14. The number of piperazine rings is 1. The highest BCUT2D eigenvalue weighted by atomic mass is 79.9. The van der Waals surface area contributed by atoms with Crippen LogP contribution in [0.2, 0.25) is 5.02 Å². The molecule has 0 radical (unpaired) electrons. The lowest BCUT2D eigenvalue weighted by atomic mass is 10.1. The summed E-state index contributed by atoms with van der Waals surface area (Å²) in [5.41, 5.74) is 0.168. The molecule has 8 nitrogen and oxygen atoms in total. The molecule has 2 heterocycles. The lowest BCUT2D eigenvalue weighted by Gasteiger charge is -2.39. The van der Waals surface area contributed by atoms with Crippen LogP contribution in [-0.2, 0) is 0 Å². The third-order valence-corrected chi connectivity index (χ3v) is 5.33. The van der Waals surface area contributed by atoms with Crippen molar-refractivity contribution in [2.24, 2.45) is 0 Å². The quantitative estimate of drug-likeness (QED) is 0.654. The van der Waals surface area contributed by atoms with Gasteiger partial charge in [-0.3, -0.25) is 0 Å². The van der Waals surface area contributed by atoms with Gasteiger partial charge in [-0.25, -0.2) is 4.79 Å². The van der Waals surface area contributed by atoms with Gasteiger partial charge in [-0.1, -0.05) is 11.6 Å². The Kier molecular flexibility index (Phi) is 4.31. The van der Waals surface area contributed by atoms with E-state index in [9.17, 15) is 15.0 Å². The average molecular weight is 418 g/mol. The third-order valence-electron chi connectivity index (χ3n) is 4.00. The van der Waals surface area contributed by atoms with Gasteiger partial charge in [0.1, 0.15) is 11.3 Å². The number of hydrogen-bond acceptors (Lipinski definition) is 6. The van der Waals surface area contributed by atoms with E-state index >= 15 is 0 Å². The number of rotatable bonds is 1. The summed E-state index contributed by atoms with van der Waals surface area (Å²) in [6, 6.07) is 0.956. The van der Waals surface area contributed by atoms with Gasteiger partial charge in [0.2, 0.25) is 0 Å². The molecule has 10 heteroatoms. The molecule has 0 saturated carbocycles. The molecule has 1 aromatic heterocycles. The summed E-state index contributed by atoms with van der Waals surface area (Å²) in [7, 11) is 0. The first-order chi connectivity index (χ1) is 11.3. The fourth-order valence-electron chi connectivity index (χ4n) is 2.83. The largest absolute Gasteiger partial charge is 0.504 e. The number of fused-ring (bicyclic) bond motifs is 1. The molecule has 1 aliphatic heterocycles. The maximum Gasteiger partial charge on any atom is 0.407 e. The maximum absolute atomic E-state index is 11.1. The Morgan fingerprint density at radius 2 is 2.08 bits per heavy atom. The predicted molar refractivity (Wildman–Crippen MR) is 92.0 cm³/mol. The zero-order valence-corrected chi connectivity index (χ0v) is 14.9. The van der Waals surface area contributed by atoms with E-state index in [4.69, 9.17) is 16.7 Å². The number of carboxylic acid groups (broad SMARTS) is 1. The number of aromatic hydroxyl groups is 2. The van der Waals surface area contributed by atoms with Crippen LogP contribution in [0.25, 0.3) is 10.9 Å². The van der Waals surface area contributed by atoms with E-state index in [0.29, 0.717) is 30.8 Å². The van der Waals surface area contributed by atoms with Crippen molar-refractivity contribution in [2.75, 3.05) is 24.5 Å². The van der Waals surface area contributed by atoms with Gasteiger partial charge in [0, 0.05) is 31.1 Å². The molecule has 1 amide bonds. The molecule has 1 fully saturated rings. The van der Waals surface area contributed by atoms with E-state index in [-0.39, 0.29) is 26.8 Å². The summed E-state index contributed by atoms with van der Waals surface area (Å²) >= 11 is 9.29. The molecule has 24 heavy (non-hydrogen) atoms. The van der Waals surface area contributed by atoms with Gasteiger partial charge >= 0.3 is 12.1 Å². The number of halogens is 2. The standard InChI is InChI=1S/C14H14BrClN4O4/c1-6-5-19(14(23)24)2-3-20(6)12-7-4-8(16)9(15)11(21)10(7)17-13(22)18-12/h4,6,21H,2-3,5H2,1H3,(H,23,24)(H,17,18,22). The minimum absolute atomic E-state index is 0.168. The van der Waals surface area contributed by atoms with Crippen molar-refractivity contribution in [1.82, 2.24) is 14.9 Å². The smallest absolute Gasteiger partial charge is 0.407 e. The summed E-state index contributed by atoms with van der Waals surface area (Å²) in [6.45, 7) is 2.87. The number of aromatic nitrogens is 2. The van der Waals surface area contributed by atoms with Crippen LogP contribution in [0.4, 0.5) is 10.6 Å². The highest BCUT2D eigenvalue weighted by Gasteiger charge is 2.29. The fourth-order valence-corrected chi connectivity index (χ4v) is 3.33. The van der Waals surface area contributed by atoms with Gasteiger partial charge in [0.15, 0.2) is 5.75 Å². The van der Waals surface area contributed by atoms with Crippen molar-refractivity contribution in [1.29, 1.82) is 0 Å². The minimum Gasteiger partial charge on any atom is -0.504 e. The van der Waals surface area contributed by atoms with Gasteiger partial charge in [0.25, 0.3) is 0 Å². The number of amides is 1. The fraction of sp³-hybridized carbons (Fsp3) is 0.357. The second-order valence-corrected chi connectivity index (χ2v) is 6.74. The lowest BCUT2D eigenvalue weighted by Crippen LogP contribution is -2.53. The van der Waals surface area contributed by atoms with Gasteiger partial charge < -0.3 is 25.1 Å². The van der Waals surface area contributed by atoms with Crippen LogP contribution in [0.1, 0.15) is 6.92 Å². The summed E-state index contributed by atoms with van der Waals surface area (Å²) in [5.74, 6) is 0.216. The monoisotopic (exact) mass is 416 g/mol. The summed E-state index contributed by atoms with van der Waals surface area (Å²) in [4.78, 5) is 22.3. The van der Waals surface area contributed by atoms with E-state index in [1.54, 1.807) is 6.07 Å². The summed E-state index contributed by atoms with van der Waals surface area (Å²) < 4.78 is 0.282. The van der Waals surface area contributed by atoms with Gasteiger partial charge in [-0.15, -0.1) is 0 Å². The molecule has 3 rings (SSSR count). The Balaban J connectivity index is 2.11. The first-order valence-corrected chi connectivity index (χ1v) is 8.29. The number of benzene rings is 1. The minimum atomic E-state index is -0.971. The van der Waals surface area contributed by atoms with Crippen LogP contribution in [0.15, 0.2) is 10.5 Å². The molecule has 1 unspecified atom stereocenters. The molecule has 1 atom stereocenters. The van der Waals surface area contributed by atoms with Crippen LogP contribution < -0.4 is 4.90 Å². The zero-order valence-electron chi connectivity index (χ0n) is 12.6. The molecule has 0 bridgehead atoms. The van der Waals surface area contributed by atoms with Crippen molar-refractivity contribution in [3.63, 3.8) is 0 Å². The Labute approximate surface area is 150 Å². The number of carbonyl (C=O) groups is 1. The highest BCUT2D eigenvalue weighted by molar-refractivity contribution is 9.10. The first-order valence-electron chi connectivity index (χ1n) is 7.11. The second-order valence-electron chi connectivity index (χ2n) is 5.54. The molecule has 1 saturated heterocycles. The first kappa shape index (κ1) is 16.8. The Morgan fingerprint density at radius 1 is 1.38 bits per heavy atom. The third kappa shape index (κ3) is 2.78. The molecular weight excluding hydrogens is 404 g/mol. The van der Waals surface area contributed by atoms with Crippen LogP contribution in [0, 0.1) is 0 Å². The average Bonchev–Trinajstić information content (AvgIpc) is 2.53. The van der Waals surface area contributed by atoms with Gasteiger partial charge in [-0.2, -0.15) is 9.97 Å². The molecular formula is C14H14BrClN4O4. The van der Waals surface area contributed by atoms with E-state index in [1.165, 1.54) is 4.90 Å². The molecule has 0 spiro atoms. The SMILES string of the molecule is CC1CN(C(=O)O)CCN1c1nc(O)nc2c(O)c(Br)c(Cl)cc12. The number of phenolic OH excluding ortho intramolecular Hbond substituents is 1. The summed E-state index contributed by atoms with van der Waals surface area (Å²) in [5, 5.41) is 30.0. The Hall–Kier alpha value is -2.00. The molecule has 0 aliphatic carbocycles. The molecule has 1 aromatic carbocycles. The van der Waals surface area contributed by atoms with Crippen LogP contribution in [0.3, 0.4) is 0 Å². The summed E-state index contributed by atoms with van der Waals surface area (Å²) in [6.07, 6.45) is -0.971. The topological polar surface area (TPSA) is 110 Å². The van der Waals surface area contributed by atoms with Crippen LogP contribution in [0.5, 0.6) is 11.8 Å². The van der Waals surface area contributed by atoms with Crippen molar-refractivity contribution < 1.29 is 20.1 Å². The lowest BCUT2D eigenvalue weighted by molar-refractivity contribution is 0.136. The van der Waals surface area contributed by atoms with E-state index < -0.39 is 12.1 Å². The number of anilines is 1. The van der Waals surface area contributed by atoms with Gasteiger partial charge in [-0.05, 0) is 28.9 Å². The number of nitrogens with zero attached hydrogens (tertiary/aromatic N) is 4. The van der Waals surface area contributed by atoms with Crippen molar-refractivity contribution in [2.45, 2.75) is 13.0 Å². The normalized spacial score (nSPS) is 18.2. The van der Waals surface area contributed by atoms with Crippen molar-refractivity contribution in [3.8, 4) is 11.8 Å². The van der Waals surface area contributed by atoms with Gasteiger partial charge in [0.05, 0.1) is 9.50 Å². The molecule has 2 aromatic rings. The van der Waals surface area contributed by atoms with Crippen LogP contribution >= 0.6 is 27.5 Å². The number of hydrogen-bond donors (Lipinski definition) is 3. The molecule has 1 aliphatic rings. The van der Waals surface area contributed by atoms with Crippen molar-refractivity contribution in [3.05, 3.63) is 15.6 Å². The molecule has 3 N–H and O–H groups in total. The van der Waals surface area contributed by atoms with E-state index in [1.807, 2.05) is 11.8 Å². The Bertz CT molecular complexity index is 834. The molecule has 128 valence electrons. The Morgan fingerprint density at radius 3 is 2.71 bits per heavy atom. The maximum atomic E-state index is 11.1. The van der Waals surface area contributed by atoms with Crippen molar-refractivity contribution >= 4 is 50.3 Å². The predicted octanol–water partition coefficient (Wildman–Crippen LogP) is 2.65.